The minimum atomic E-state index is 0.292. The summed E-state index contributed by atoms with van der Waals surface area (Å²) < 4.78 is 5.46. The minimum Gasteiger partial charge on any atom is -0.496 e. The standard InChI is InChI=1S/C23H37N5O2/c1-24-23(26(2)18-20-10-6-7-11-21(20)30-3)25-12-13-27-14-16-28(17-15-27)22(29)19-8-4-5-9-19/h6-7,10-11,19H,4-5,8-9,12-18H2,1-3H3,(H,24,25). The highest BCUT2D eigenvalue weighted by Gasteiger charge is 2.29. The topological polar surface area (TPSA) is 60.4 Å². The maximum absolute atomic E-state index is 12.6. The molecule has 0 atom stereocenters. The lowest BCUT2D eigenvalue weighted by atomic mass is 10.1. The number of para-hydroxylation sites is 1. The highest BCUT2D eigenvalue weighted by molar-refractivity contribution is 5.80. The lowest BCUT2D eigenvalue weighted by Gasteiger charge is -2.36. The van der Waals surface area contributed by atoms with Gasteiger partial charge in [0.05, 0.1) is 7.11 Å². The molecule has 2 aliphatic rings. The number of carbonyl (C=O) groups excluding carboxylic acids is 1. The van der Waals surface area contributed by atoms with Gasteiger partial charge < -0.3 is 19.9 Å². The zero-order chi connectivity index (χ0) is 21.3. The van der Waals surface area contributed by atoms with Crippen LogP contribution in [0.2, 0.25) is 0 Å². The normalized spacial score (nSPS) is 18.5. The van der Waals surface area contributed by atoms with E-state index in [4.69, 9.17) is 4.74 Å². The number of hydrogen-bond acceptors (Lipinski definition) is 4. The number of nitrogens with one attached hydrogen (secondary N) is 1. The highest BCUT2D eigenvalue weighted by atomic mass is 16.5. The number of methoxy groups -OCH3 is 1. The van der Waals surface area contributed by atoms with Crippen LogP contribution >= 0.6 is 0 Å². The van der Waals surface area contributed by atoms with E-state index in [1.54, 1.807) is 7.11 Å². The van der Waals surface area contributed by atoms with E-state index >= 15 is 0 Å². The fourth-order valence-corrected chi connectivity index (χ4v) is 4.50. The first-order valence-corrected chi connectivity index (χ1v) is 11.2. The Morgan fingerprint density at radius 1 is 1.20 bits per heavy atom. The number of nitrogens with zero attached hydrogens (tertiary/aromatic N) is 4. The van der Waals surface area contributed by atoms with Crippen LogP contribution in [-0.2, 0) is 11.3 Å². The Morgan fingerprint density at radius 2 is 1.90 bits per heavy atom. The van der Waals surface area contributed by atoms with Gasteiger partial charge in [-0.3, -0.25) is 14.7 Å². The quantitative estimate of drug-likeness (QED) is 0.546. The fraction of sp³-hybridized carbons (Fsp3) is 0.652. The Morgan fingerprint density at radius 3 is 2.57 bits per heavy atom. The SMILES string of the molecule is CN=C(NCCN1CCN(C(=O)C2CCCC2)CC1)N(C)Cc1ccccc1OC. The molecule has 1 heterocycles. The summed E-state index contributed by atoms with van der Waals surface area (Å²) in [6.45, 7) is 6.14. The van der Waals surface area contributed by atoms with E-state index in [1.165, 1.54) is 12.8 Å². The summed E-state index contributed by atoms with van der Waals surface area (Å²) in [7, 11) is 5.55. The number of rotatable bonds is 7. The average molecular weight is 416 g/mol. The Labute approximate surface area is 181 Å². The van der Waals surface area contributed by atoms with Crippen molar-refractivity contribution >= 4 is 11.9 Å². The number of carbonyl (C=O) groups is 1. The molecule has 7 nitrogen and oxygen atoms in total. The predicted octanol–water partition coefficient (Wildman–Crippen LogP) is 2.04. The lowest BCUT2D eigenvalue weighted by Crippen LogP contribution is -2.51. The van der Waals surface area contributed by atoms with Gasteiger partial charge in [-0.1, -0.05) is 31.0 Å². The largest absolute Gasteiger partial charge is 0.496 e. The number of benzene rings is 1. The summed E-state index contributed by atoms with van der Waals surface area (Å²) in [5.41, 5.74) is 1.13. The van der Waals surface area contributed by atoms with Crippen LogP contribution in [0, 0.1) is 5.92 Å². The van der Waals surface area contributed by atoms with E-state index in [0.717, 1.165) is 75.9 Å². The Balaban J connectivity index is 1.39. The third-order valence-corrected chi connectivity index (χ3v) is 6.27. The van der Waals surface area contributed by atoms with E-state index in [2.05, 4.69) is 31.1 Å². The van der Waals surface area contributed by atoms with Gasteiger partial charge in [-0.25, -0.2) is 0 Å². The molecule has 0 aromatic heterocycles. The van der Waals surface area contributed by atoms with E-state index in [9.17, 15) is 4.79 Å². The second-order valence-electron chi connectivity index (χ2n) is 8.29. The van der Waals surface area contributed by atoms with Crippen LogP contribution in [0.4, 0.5) is 0 Å². The monoisotopic (exact) mass is 415 g/mol. The first-order chi connectivity index (χ1) is 14.6. The molecule has 0 unspecified atom stereocenters. The molecule has 1 aliphatic carbocycles. The first kappa shape index (κ1) is 22.4. The smallest absolute Gasteiger partial charge is 0.225 e. The molecule has 1 N–H and O–H groups in total. The van der Waals surface area contributed by atoms with E-state index in [1.807, 2.05) is 32.3 Å². The lowest BCUT2D eigenvalue weighted by molar-refractivity contribution is -0.137. The van der Waals surface area contributed by atoms with Gasteiger partial charge in [-0.2, -0.15) is 0 Å². The molecule has 0 bridgehead atoms. The molecule has 30 heavy (non-hydrogen) atoms. The third-order valence-electron chi connectivity index (χ3n) is 6.27. The van der Waals surface area contributed by atoms with Crippen molar-refractivity contribution in [1.29, 1.82) is 0 Å². The van der Waals surface area contributed by atoms with Gasteiger partial charge in [-0.15, -0.1) is 0 Å². The van der Waals surface area contributed by atoms with Crippen molar-refractivity contribution < 1.29 is 9.53 Å². The second-order valence-corrected chi connectivity index (χ2v) is 8.29. The summed E-state index contributed by atoms with van der Waals surface area (Å²) in [5, 5.41) is 3.47. The number of aliphatic imine (C=N–C) groups is 1. The van der Waals surface area contributed by atoms with Crippen molar-refractivity contribution in [1.82, 2.24) is 20.0 Å². The molecule has 1 aromatic carbocycles. The van der Waals surface area contributed by atoms with Gasteiger partial charge >= 0.3 is 0 Å². The van der Waals surface area contributed by atoms with Crippen LogP contribution in [0.15, 0.2) is 29.3 Å². The van der Waals surface area contributed by atoms with Crippen LogP contribution in [0.1, 0.15) is 31.2 Å². The zero-order valence-electron chi connectivity index (χ0n) is 18.8. The van der Waals surface area contributed by atoms with Gasteiger partial charge in [0.2, 0.25) is 5.91 Å². The molecule has 0 radical (unpaired) electrons. The molecule has 1 saturated carbocycles. The minimum absolute atomic E-state index is 0.292. The van der Waals surface area contributed by atoms with Crippen LogP contribution in [-0.4, -0.2) is 87.0 Å². The fourth-order valence-electron chi connectivity index (χ4n) is 4.50. The Bertz CT molecular complexity index is 709. The van der Waals surface area contributed by atoms with E-state index in [0.29, 0.717) is 11.8 Å². The van der Waals surface area contributed by atoms with Gasteiger partial charge in [0.15, 0.2) is 5.96 Å². The van der Waals surface area contributed by atoms with Crippen LogP contribution in [0.3, 0.4) is 0 Å². The zero-order valence-corrected chi connectivity index (χ0v) is 18.8. The van der Waals surface area contributed by atoms with Crippen LogP contribution in [0.5, 0.6) is 5.75 Å². The number of piperazine rings is 1. The third kappa shape index (κ3) is 5.88. The number of guanidine groups is 1. The maximum Gasteiger partial charge on any atom is 0.225 e. The molecule has 1 amide bonds. The predicted molar refractivity (Wildman–Crippen MR) is 121 cm³/mol. The highest BCUT2D eigenvalue weighted by Crippen LogP contribution is 2.26. The summed E-state index contributed by atoms with van der Waals surface area (Å²) in [5.74, 6) is 2.45. The average Bonchev–Trinajstić information content (AvgIpc) is 3.32. The number of hydrogen-bond donors (Lipinski definition) is 1. The molecule has 166 valence electrons. The Kier molecular flexibility index (Phi) is 8.37. The Hall–Kier alpha value is -2.28. The molecule has 1 aliphatic heterocycles. The summed E-state index contributed by atoms with van der Waals surface area (Å²) in [6, 6.07) is 8.07. The first-order valence-electron chi connectivity index (χ1n) is 11.2. The molecular formula is C23H37N5O2. The van der Waals surface area contributed by atoms with E-state index < -0.39 is 0 Å². The molecule has 1 saturated heterocycles. The molecule has 2 fully saturated rings. The van der Waals surface area contributed by atoms with Crippen molar-refractivity contribution in [2.75, 3.05) is 60.5 Å². The summed E-state index contributed by atoms with van der Waals surface area (Å²) in [6.07, 6.45) is 4.61. The molecule has 1 aromatic rings. The molecule has 0 spiro atoms. The van der Waals surface area contributed by atoms with Crippen molar-refractivity contribution in [3.63, 3.8) is 0 Å². The van der Waals surface area contributed by atoms with Gasteiger partial charge in [0.1, 0.15) is 5.75 Å². The van der Waals surface area contributed by atoms with Crippen LogP contribution < -0.4 is 10.1 Å². The van der Waals surface area contributed by atoms with Crippen molar-refractivity contribution in [3.05, 3.63) is 29.8 Å². The molecular weight excluding hydrogens is 378 g/mol. The van der Waals surface area contributed by atoms with Crippen molar-refractivity contribution in [2.45, 2.75) is 32.2 Å². The molecule has 3 rings (SSSR count). The number of ether oxygens (including phenoxy) is 1. The number of amides is 1. The van der Waals surface area contributed by atoms with E-state index in [-0.39, 0.29) is 0 Å². The van der Waals surface area contributed by atoms with Gasteiger partial charge in [0, 0.05) is 71.4 Å². The van der Waals surface area contributed by atoms with Gasteiger partial charge in [-0.05, 0) is 18.9 Å². The van der Waals surface area contributed by atoms with Crippen molar-refractivity contribution in [2.24, 2.45) is 10.9 Å². The maximum atomic E-state index is 12.6. The van der Waals surface area contributed by atoms with Gasteiger partial charge in [0.25, 0.3) is 0 Å². The molecule has 7 heteroatoms. The second kappa shape index (κ2) is 11.2. The summed E-state index contributed by atoms with van der Waals surface area (Å²) in [4.78, 5) is 23.6. The van der Waals surface area contributed by atoms with Crippen molar-refractivity contribution in [3.8, 4) is 5.75 Å². The van der Waals surface area contributed by atoms with Crippen LogP contribution in [0.25, 0.3) is 0 Å². The summed E-state index contributed by atoms with van der Waals surface area (Å²) >= 11 is 0.